The van der Waals surface area contributed by atoms with Crippen LogP contribution in [0.4, 0.5) is 24.9 Å². The van der Waals surface area contributed by atoms with E-state index in [0.717, 1.165) is 16.7 Å². The fraction of sp³-hybridized carbons (Fsp3) is 0.394. The maximum Gasteiger partial charge on any atom is 0.429 e. The van der Waals surface area contributed by atoms with Crippen LogP contribution in [0.5, 0.6) is 5.88 Å². The number of ether oxygens (including phenoxy) is 1. The highest BCUT2D eigenvalue weighted by atomic mass is 19.4. The number of rotatable bonds is 7. The molecule has 1 spiro atoms. The van der Waals surface area contributed by atoms with Crippen LogP contribution in [0, 0.1) is 26.2 Å². The monoisotopic (exact) mass is 635 g/mol. The Labute approximate surface area is 264 Å². The molecule has 2 aliphatic rings. The largest absolute Gasteiger partial charge is 0.480 e. The van der Waals surface area contributed by atoms with Crippen LogP contribution in [0.2, 0.25) is 0 Å². The number of carboxylic acids is 1. The molecule has 0 radical (unpaired) electrons. The van der Waals surface area contributed by atoms with Crippen molar-refractivity contribution < 1.29 is 27.8 Å². The number of nitrogens with two attached hydrogens (primary N) is 1. The highest BCUT2D eigenvalue weighted by molar-refractivity contribution is 5.74. The van der Waals surface area contributed by atoms with Crippen molar-refractivity contribution in [3.05, 3.63) is 77.1 Å². The Morgan fingerprint density at radius 3 is 2.39 bits per heavy atom. The van der Waals surface area contributed by atoms with Crippen molar-refractivity contribution >= 4 is 17.7 Å². The zero-order valence-corrected chi connectivity index (χ0v) is 25.8. The van der Waals surface area contributed by atoms with Crippen molar-refractivity contribution in [2.75, 3.05) is 30.3 Å². The molecule has 0 aliphatic carbocycles. The summed E-state index contributed by atoms with van der Waals surface area (Å²) in [5.41, 5.74) is 10.1. The van der Waals surface area contributed by atoms with Crippen molar-refractivity contribution in [2.24, 2.45) is 5.41 Å². The van der Waals surface area contributed by atoms with E-state index in [1.54, 1.807) is 31.3 Å². The Kier molecular flexibility index (Phi) is 8.13. The van der Waals surface area contributed by atoms with Crippen LogP contribution in [0.25, 0.3) is 16.8 Å². The minimum atomic E-state index is -4.83. The van der Waals surface area contributed by atoms with Gasteiger partial charge in [0.2, 0.25) is 17.9 Å². The van der Waals surface area contributed by atoms with E-state index in [9.17, 15) is 23.1 Å². The van der Waals surface area contributed by atoms with E-state index >= 15 is 0 Å². The van der Waals surface area contributed by atoms with Crippen LogP contribution in [0.1, 0.15) is 47.8 Å². The lowest BCUT2D eigenvalue weighted by molar-refractivity contribution is -0.198. The molecule has 2 aliphatic heterocycles. The molecule has 0 amide bonds. The highest BCUT2D eigenvalue weighted by Crippen LogP contribution is 2.43. The molecule has 0 bridgehead atoms. The maximum atomic E-state index is 15.0. The number of alkyl halides is 3. The Morgan fingerprint density at radius 1 is 1.04 bits per heavy atom. The average molecular weight is 636 g/mol. The van der Waals surface area contributed by atoms with Crippen molar-refractivity contribution in [1.82, 2.24) is 25.1 Å². The van der Waals surface area contributed by atoms with Crippen LogP contribution in [0.15, 0.2) is 54.7 Å². The van der Waals surface area contributed by atoms with E-state index in [2.05, 4.69) is 20.4 Å². The van der Waals surface area contributed by atoms with E-state index in [1.165, 1.54) is 16.8 Å². The number of hydrogen-bond donors (Lipinski definition) is 3. The molecule has 4 aromatic rings. The van der Waals surface area contributed by atoms with E-state index < -0.39 is 24.3 Å². The fourth-order valence-corrected chi connectivity index (χ4v) is 6.39. The summed E-state index contributed by atoms with van der Waals surface area (Å²) in [7, 11) is 0. The normalized spacial score (nSPS) is 18.6. The zero-order chi connectivity index (χ0) is 32.8. The number of halogens is 3. The minimum absolute atomic E-state index is 0.133. The average Bonchev–Trinajstić information content (AvgIpc) is 3.63. The van der Waals surface area contributed by atoms with E-state index in [-0.39, 0.29) is 28.5 Å². The van der Waals surface area contributed by atoms with Crippen molar-refractivity contribution in [1.29, 1.82) is 0 Å². The van der Waals surface area contributed by atoms with Gasteiger partial charge in [0, 0.05) is 37.5 Å². The molecule has 6 rings (SSSR count). The quantitative estimate of drug-likeness (QED) is 0.239. The summed E-state index contributed by atoms with van der Waals surface area (Å²) in [6.07, 6.45) is -3.68. The topological polar surface area (TPSA) is 131 Å². The van der Waals surface area contributed by atoms with Gasteiger partial charge in [0.25, 0.3) is 0 Å². The van der Waals surface area contributed by atoms with Gasteiger partial charge in [0.1, 0.15) is 11.9 Å². The predicted molar refractivity (Wildman–Crippen MR) is 167 cm³/mol. The summed E-state index contributed by atoms with van der Waals surface area (Å²) in [5, 5.41) is 16.9. The first-order chi connectivity index (χ1) is 21.8. The van der Waals surface area contributed by atoms with E-state index in [4.69, 9.17) is 10.5 Å². The van der Waals surface area contributed by atoms with Gasteiger partial charge in [-0.25, -0.2) is 4.68 Å². The van der Waals surface area contributed by atoms with Gasteiger partial charge >= 0.3 is 12.1 Å². The second-order valence-corrected chi connectivity index (χ2v) is 12.4. The maximum absolute atomic E-state index is 15.0. The molecule has 10 nitrogen and oxygen atoms in total. The summed E-state index contributed by atoms with van der Waals surface area (Å²) >= 11 is 0. The molecule has 2 atom stereocenters. The zero-order valence-electron chi connectivity index (χ0n) is 25.8. The number of carboxylic acid groups (broad SMARTS) is 1. The van der Waals surface area contributed by atoms with Gasteiger partial charge in [0.15, 0.2) is 0 Å². The first kappa shape index (κ1) is 31.3. The number of nitrogen functional groups attached to an aromatic ring is 1. The molecule has 4 heterocycles. The van der Waals surface area contributed by atoms with Gasteiger partial charge < -0.3 is 25.8 Å². The number of anilines is 2. The molecule has 2 aromatic heterocycles. The number of nitrogens with one attached hydrogen (secondary N) is 1. The third kappa shape index (κ3) is 6.37. The molecule has 2 aromatic carbocycles. The molecule has 242 valence electrons. The molecule has 2 unspecified atom stereocenters. The van der Waals surface area contributed by atoms with Crippen LogP contribution < -0.4 is 20.7 Å². The number of benzene rings is 2. The summed E-state index contributed by atoms with van der Waals surface area (Å²) in [6.45, 7) is 7.37. The molecule has 13 heteroatoms. The van der Waals surface area contributed by atoms with Crippen molar-refractivity contribution in [3.8, 4) is 22.7 Å². The lowest BCUT2D eigenvalue weighted by atomic mass is 9.76. The molecule has 46 heavy (non-hydrogen) atoms. The minimum Gasteiger partial charge on any atom is -0.480 e. The number of nitrogens with zero attached hydrogens (tertiary/aromatic N) is 5. The number of hydrogen-bond acceptors (Lipinski definition) is 8. The van der Waals surface area contributed by atoms with Crippen molar-refractivity contribution in [2.45, 2.75) is 58.4 Å². The SMILES string of the molecule is Cc1ccn(-c2ccc(-c3ccc(C)c(C)c3)cc2C(Oc2cc(N3CCC4(CC3)CNC(C(=O)O)C4)nc(N)n2)C(F)(F)F)n1. The first-order valence-electron chi connectivity index (χ1n) is 15.1. The summed E-state index contributed by atoms with van der Waals surface area (Å²) in [5.74, 6) is -1.04. The van der Waals surface area contributed by atoms with Gasteiger partial charge in [-0.15, -0.1) is 0 Å². The van der Waals surface area contributed by atoms with Crippen LogP contribution in [-0.2, 0) is 4.79 Å². The highest BCUT2D eigenvalue weighted by Gasteiger charge is 2.46. The Hall–Kier alpha value is -4.65. The number of aromatic nitrogens is 4. The third-order valence-corrected chi connectivity index (χ3v) is 9.17. The number of carbonyl (C=O) groups is 1. The van der Waals surface area contributed by atoms with Gasteiger partial charge in [-0.3, -0.25) is 4.79 Å². The van der Waals surface area contributed by atoms with E-state index in [0.29, 0.717) is 56.0 Å². The fourth-order valence-electron chi connectivity index (χ4n) is 6.39. The molecule has 2 fully saturated rings. The molecule has 4 N–H and O–H groups in total. The summed E-state index contributed by atoms with van der Waals surface area (Å²) < 4.78 is 52.0. The molecule has 0 saturated carbocycles. The third-order valence-electron chi connectivity index (χ3n) is 9.17. The summed E-state index contributed by atoms with van der Waals surface area (Å²) in [4.78, 5) is 21.7. The number of aryl methyl sites for hydroxylation is 3. The number of aliphatic carboxylic acids is 1. The first-order valence-corrected chi connectivity index (χ1v) is 15.1. The number of piperidine rings is 1. The Morgan fingerprint density at radius 2 is 1.76 bits per heavy atom. The predicted octanol–water partition coefficient (Wildman–Crippen LogP) is 5.55. The van der Waals surface area contributed by atoms with E-state index in [1.807, 2.05) is 36.9 Å². The van der Waals surface area contributed by atoms with Crippen LogP contribution >= 0.6 is 0 Å². The summed E-state index contributed by atoms with van der Waals surface area (Å²) in [6, 6.07) is 13.2. The lowest BCUT2D eigenvalue weighted by Crippen LogP contribution is -2.41. The second-order valence-electron chi connectivity index (χ2n) is 12.4. The van der Waals surface area contributed by atoms with Gasteiger partial charge in [-0.05, 0) is 85.9 Å². The standard InChI is InChI=1S/C33H36F3N7O3/c1-19-4-5-22(14-20(19)2)23-6-7-26(43-11-8-21(3)41-43)24(15-23)29(33(34,35)36)46-28-16-27(39-31(37)40-28)42-12-9-32(10-13-42)17-25(30(44)45)38-18-32/h4-8,11,14-16,25,29,38H,9-10,12-13,17-18H2,1-3H3,(H,44,45)(H2,37,39,40). The van der Waals surface area contributed by atoms with Gasteiger partial charge in [-0.2, -0.15) is 28.2 Å². The Bertz CT molecular complexity index is 1770. The smallest absolute Gasteiger partial charge is 0.429 e. The second kappa shape index (κ2) is 11.9. The van der Waals surface area contributed by atoms with Crippen LogP contribution in [-0.4, -0.2) is 62.7 Å². The van der Waals surface area contributed by atoms with Crippen molar-refractivity contribution in [3.63, 3.8) is 0 Å². The Balaban J connectivity index is 1.33. The molecule has 2 saturated heterocycles. The molecular formula is C33H36F3N7O3. The van der Waals surface area contributed by atoms with Gasteiger partial charge in [0.05, 0.1) is 11.4 Å². The van der Waals surface area contributed by atoms with Crippen LogP contribution in [0.3, 0.4) is 0 Å². The molecular weight excluding hydrogens is 599 g/mol. The van der Waals surface area contributed by atoms with Gasteiger partial charge in [-0.1, -0.05) is 24.3 Å². The lowest BCUT2D eigenvalue weighted by Gasteiger charge is -2.39.